The lowest BCUT2D eigenvalue weighted by molar-refractivity contribution is -0.384. The van der Waals surface area contributed by atoms with E-state index in [2.05, 4.69) is 0 Å². The molecule has 9 nitrogen and oxygen atoms in total. The van der Waals surface area contributed by atoms with Crippen LogP contribution in [0, 0.1) is 16.0 Å². The number of carbonyl (C=O) groups excluding carboxylic acids is 2. The third kappa shape index (κ3) is 4.45. The van der Waals surface area contributed by atoms with E-state index in [1.54, 1.807) is 6.07 Å². The van der Waals surface area contributed by atoms with Crippen molar-refractivity contribution in [2.45, 2.75) is 33.6 Å². The number of benzene rings is 1. The number of nitro groups is 1. The first-order chi connectivity index (χ1) is 13.6. The molecule has 0 fully saturated rings. The van der Waals surface area contributed by atoms with Crippen molar-refractivity contribution in [2.75, 3.05) is 13.7 Å². The predicted octanol–water partition coefficient (Wildman–Crippen LogP) is 3.30. The molecule has 156 valence electrons. The fourth-order valence-corrected chi connectivity index (χ4v) is 3.15. The van der Waals surface area contributed by atoms with Crippen LogP contribution in [0.2, 0.25) is 0 Å². The zero-order valence-corrected chi connectivity index (χ0v) is 17.0. The molecule has 1 aromatic carbocycles. The van der Waals surface area contributed by atoms with Gasteiger partial charge in [0.1, 0.15) is 0 Å². The molecule has 0 spiro atoms. The monoisotopic (exact) mass is 404 g/mol. The molecule has 1 unspecified atom stereocenters. The second-order valence-corrected chi connectivity index (χ2v) is 7.08. The molecule has 9 heteroatoms. The van der Waals surface area contributed by atoms with E-state index in [4.69, 9.17) is 9.47 Å². The number of non-ortho nitro benzene ring substituents is 1. The molecule has 1 aliphatic heterocycles. The van der Waals surface area contributed by atoms with Crippen LogP contribution >= 0.6 is 0 Å². The van der Waals surface area contributed by atoms with Gasteiger partial charge in [-0.25, -0.2) is 14.7 Å². The molecule has 29 heavy (non-hydrogen) atoms. The smallest absolute Gasteiger partial charge is 0.336 e. The topological polar surface area (TPSA) is 119 Å². The van der Waals surface area contributed by atoms with Gasteiger partial charge in [-0.1, -0.05) is 26.0 Å². The molecule has 1 aliphatic rings. The summed E-state index contributed by atoms with van der Waals surface area (Å²) < 4.78 is 10.2. The van der Waals surface area contributed by atoms with Gasteiger partial charge in [0.15, 0.2) is 0 Å². The molecule has 0 aliphatic carbocycles. The summed E-state index contributed by atoms with van der Waals surface area (Å²) in [6.07, 6.45) is 0. The van der Waals surface area contributed by atoms with Crippen LogP contribution in [0.25, 0.3) is 0 Å². The summed E-state index contributed by atoms with van der Waals surface area (Å²) in [5.74, 6) is -2.41. The lowest BCUT2D eigenvalue weighted by Crippen LogP contribution is -2.34. The van der Waals surface area contributed by atoms with Crippen molar-refractivity contribution < 1.29 is 29.2 Å². The number of hydrogen-bond acceptors (Lipinski definition) is 8. The minimum atomic E-state index is -0.995. The predicted molar refractivity (Wildman–Crippen MR) is 103 cm³/mol. The number of carbonyl (C=O) groups is 2. The fourth-order valence-electron chi connectivity index (χ4n) is 3.15. The SMILES string of the molecule is COC(=O)C1=C(C)N(O)C(C)=C(C(=O)OCC(C)C)C1c1cccc([N+](=O)[O-])c1. The number of nitrogens with zero attached hydrogens (tertiary/aromatic N) is 2. The Morgan fingerprint density at radius 1 is 1.21 bits per heavy atom. The maximum Gasteiger partial charge on any atom is 0.336 e. The van der Waals surface area contributed by atoms with Crippen LogP contribution in [0.3, 0.4) is 0 Å². The Labute approximate surface area is 168 Å². The molecular formula is C20H24N2O7. The van der Waals surface area contributed by atoms with Gasteiger partial charge in [0.2, 0.25) is 0 Å². The van der Waals surface area contributed by atoms with E-state index in [0.29, 0.717) is 5.56 Å². The molecule has 1 aromatic rings. The van der Waals surface area contributed by atoms with Crippen LogP contribution in [0.4, 0.5) is 5.69 Å². The molecule has 0 aromatic heterocycles. The highest BCUT2D eigenvalue weighted by atomic mass is 16.6. The molecule has 0 amide bonds. The Hall–Kier alpha value is -3.20. The quantitative estimate of drug-likeness (QED) is 0.436. The lowest BCUT2D eigenvalue weighted by atomic mass is 9.80. The summed E-state index contributed by atoms with van der Waals surface area (Å²) in [6, 6.07) is 5.64. The van der Waals surface area contributed by atoms with Gasteiger partial charge in [0.25, 0.3) is 5.69 Å². The van der Waals surface area contributed by atoms with Gasteiger partial charge in [0.05, 0.1) is 47.1 Å². The van der Waals surface area contributed by atoms with Crippen LogP contribution in [0.5, 0.6) is 0 Å². The second kappa shape index (κ2) is 8.87. The van der Waals surface area contributed by atoms with Gasteiger partial charge in [-0.3, -0.25) is 15.3 Å². The summed E-state index contributed by atoms with van der Waals surface area (Å²) in [5.41, 5.74) is 0.482. The van der Waals surface area contributed by atoms with Gasteiger partial charge in [0, 0.05) is 12.1 Å². The van der Waals surface area contributed by atoms with Crippen molar-refractivity contribution in [3.8, 4) is 0 Å². The Kier molecular flexibility index (Phi) is 6.76. The first-order valence-electron chi connectivity index (χ1n) is 9.00. The highest BCUT2D eigenvalue weighted by molar-refractivity contribution is 5.99. The summed E-state index contributed by atoms with van der Waals surface area (Å²) in [4.78, 5) is 36.1. The Morgan fingerprint density at radius 2 is 1.79 bits per heavy atom. The number of rotatable bonds is 6. The van der Waals surface area contributed by atoms with Crippen LogP contribution in [-0.4, -0.2) is 40.8 Å². The van der Waals surface area contributed by atoms with E-state index in [0.717, 1.165) is 5.06 Å². The summed E-state index contributed by atoms with van der Waals surface area (Å²) in [6.45, 7) is 6.88. The maximum absolute atomic E-state index is 12.9. The minimum Gasteiger partial charge on any atom is -0.466 e. The maximum atomic E-state index is 12.9. The van der Waals surface area contributed by atoms with Crippen molar-refractivity contribution in [1.82, 2.24) is 5.06 Å². The molecule has 0 saturated heterocycles. The van der Waals surface area contributed by atoms with E-state index in [1.165, 1.54) is 39.2 Å². The number of esters is 2. The third-order valence-electron chi connectivity index (χ3n) is 4.58. The zero-order valence-electron chi connectivity index (χ0n) is 17.0. The van der Waals surface area contributed by atoms with Gasteiger partial charge in [-0.15, -0.1) is 0 Å². The first-order valence-corrected chi connectivity index (χ1v) is 9.00. The Balaban J connectivity index is 2.70. The minimum absolute atomic E-state index is 0.00223. The highest BCUT2D eigenvalue weighted by Crippen LogP contribution is 2.42. The number of hydrogen-bond donors (Lipinski definition) is 1. The van der Waals surface area contributed by atoms with Gasteiger partial charge >= 0.3 is 11.9 Å². The average Bonchev–Trinajstić information content (AvgIpc) is 2.69. The summed E-state index contributed by atoms with van der Waals surface area (Å²) in [7, 11) is 1.18. The molecule has 0 saturated carbocycles. The fraction of sp³-hybridized carbons (Fsp3) is 0.400. The molecule has 1 heterocycles. The number of methoxy groups -OCH3 is 1. The van der Waals surface area contributed by atoms with Crippen molar-refractivity contribution in [1.29, 1.82) is 0 Å². The third-order valence-corrected chi connectivity index (χ3v) is 4.58. The first kappa shape index (κ1) is 22.1. The zero-order chi connectivity index (χ0) is 21.9. The van der Waals surface area contributed by atoms with E-state index in [-0.39, 0.29) is 40.8 Å². The van der Waals surface area contributed by atoms with E-state index < -0.39 is 22.8 Å². The average molecular weight is 404 g/mol. The second-order valence-electron chi connectivity index (χ2n) is 7.08. The van der Waals surface area contributed by atoms with Crippen LogP contribution < -0.4 is 0 Å². The molecule has 1 N–H and O–H groups in total. The molecule has 2 rings (SSSR count). The highest BCUT2D eigenvalue weighted by Gasteiger charge is 2.40. The van der Waals surface area contributed by atoms with E-state index >= 15 is 0 Å². The summed E-state index contributed by atoms with van der Waals surface area (Å²) in [5, 5.41) is 22.4. The lowest BCUT2D eigenvalue weighted by Gasteiger charge is -2.34. The van der Waals surface area contributed by atoms with Crippen molar-refractivity contribution in [3.05, 3.63) is 62.5 Å². The van der Waals surface area contributed by atoms with E-state index in [1.807, 2.05) is 13.8 Å². The van der Waals surface area contributed by atoms with Crippen LogP contribution in [0.1, 0.15) is 39.2 Å². The number of ether oxygens (including phenoxy) is 2. The summed E-state index contributed by atoms with van der Waals surface area (Å²) >= 11 is 0. The molecular weight excluding hydrogens is 380 g/mol. The molecule has 0 bridgehead atoms. The number of hydroxylamine groups is 2. The number of nitro benzene ring substituents is 1. The van der Waals surface area contributed by atoms with E-state index in [9.17, 15) is 24.9 Å². The van der Waals surface area contributed by atoms with Crippen molar-refractivity contribution in [3.63, 3.8) is 0 Å². The largest absolute Gasteiger partial charge is 0.466 e. The van der Waals surface area contributed by atoms with Gasteiger partial charge in [-0.05, 0) is 25.3 Å². The molecule has 0 radical (unpaired) electrons. The molecule has 1 atom stereocenters. The Morgan fingerprint density at radius 3 is 2.31 bits per heavy atom. The van der Waals surface area contributed by atoms with Crippen molar-refractivity contribution >= 4 is 17.6 Å². The normalized spacial score (nSPS) is 16.9. The van der Waals surface area contributed by atoms with Crippen LogP contribution in [0.15, 0.2) is 46.8 Å². The van der Waals surface area contributed by atoms with Gasteiger partial charge < -0.3 is 9.47 Å². The standard InChI is InChI=1S/C20H24N2O7/c1-11(2)10-29-20(24)17-13(4)21(25)12(3)16(19(23)28-5)18(17)14-7-6-8-15(9-14)22(26)27/h6-9,11,18,25H,10H2,1-5H3. The number of allylic oxidation sites excluding steroid dienone is 2. The van der Waals surface area contributed by atoms with Crippen molar-refractivity contribution in [2.24, 2.45) is 5.92 Å². The Bertz CT molecular complexity index is 902. The van der Waals surface area contributed by atoms with Gasteiger partial charge in [-0.2, -0.15) is 0 Å². The van der Waals surface area contributed by atoms with Crippen LogP contribution in [-0.2, 0) is 19.1 Å².